The van der Waals surface area contributed by atoms with Crippen LogP contribution in [0.25, 0.3) is 0 Å². The van der Waals surface area contributed by atoms with E-state index in [2.05, 4.69) is 0 Å². The highest BCUT2D eigenvalue weighted by Crippen LogP contribution is 2.32. The number of carbonyl (C=O) groups is 1. The summed E-state index contributed by atoms with van der Waals surface area (Å²) in [7, 11) is 1.66. The molecule has 1 aliphatic rings. The van der Waals surface area contributed by atoms with Crippen LogP contribution in [0.15, 0.2) is 24.3 Å². The van der Waals surface area contributed by atoms with Gasteiger partial charge in [-0.2, -0.15) is 0 Å². The summed E-state index contributed by atoms with van der Waals surface area (Å²) >= 11 is 5.89. The average molecular weight is 283 g/mol. The van der Waals surface area contributed by atoms with Crippen molar-refractivity contribution in [1.82, 2.24) is 4.90 Å². The Morgan fingerprint density at radius 1 is 1.42 bits per heavy atom. The third kappa shape index (κ3) is 3.26. The van der Waals surface area contributed by atoms with Crippen molar-refractivity contribution in [3.8, 4) is 0 Å². The molecule has 1 heterocycles. The van der Waals surface area contributed by atoms with Gasteiger partial charge in [0.25, 0.3) is 0 Å². The first kappa shape index (κ1) is 14.3. The zero-order chi connectivity index (χ0) is 13.8. The van der Waals surface area contributed by atoms with E-state index >= 15 is 0 Å². The molecule has 1 fully saturated rings. The van der Waals surface area contributed by atoms with E-state index in [1.807, 2.05) is 29.2 Å². The maximum atomic E-state index is 12.0. The molecule has 1 amide bonds. The highest BCUT2D eigenvalue weighted by Gasteiger charge is 2.37. The minimum Gasteiger partial charge on any atom is -0.385 e. The Kier molecular flexibility index (Phi) is 4.80. The number of rotatable bonds is 5. The highest BCUT2D eigenvalue weighted by molar-refractivity contribution is 6.30. The monoisotopic (exact) mass is 282 g/mol. The fourth-order valence-electron chi connectivity index (χ4n) is 2.55. The normalized spacial score (nSPS) is 23.1. The molecule has 2 atom stereocenters. The number of hydrogen-bond donors (Lipinski definition) is 1. The molecule has 2 rings (SSSR count). The number of carbonyl (C=O) groups excluding carboxylic acids is 1. The standard InChI is InChI=1S/C14H19ClN2O2/c1-19-8-2-7-17-13(18)9-12(16)14(17)10-3-5-11(15)6-4-10/h3-6,12,14H,2,7-9,16H2,1H3. The van der Waals surface area contributed by atoms with Gasteiger partial charge in [-0.3, -0.25) is 4.79 Å². The second-order valence-electron chi connectivity index (χ2n) is 4.80. The lowest BCUT2D eigenvalue weighted by Gasteiger charge is -2.27. The smallest absolute Gasteiger partial charge is 0.224 e. The van der Waals surface area contributed by atoms with Crippen molar-refractivity contribution < 1.29 is 9.53 Å². The number of amides is 1. The molecule has 1 aromatic carbocycles. The van der Waals surface area contributed by atoms with Crippen LogP contribution >= 0.6 is 11.6 Å². The number of benzene rings is 1. The largest absolute Gasteiger partial charge is 0.385 e. The van der Waals surface area contributed by atoms with E-state index in [-0.39, 0.29) is 18.0 Å². The predicted molar refractivity (Wildman–Crippen MR) is 75.0 cm³/mol. The van der Waals surface area contributed by atoms with Crippen molar-refractivity contribution in [2.45, 2.75) is 24.9 Å². The molecule has 0 radical (unpaired) electrons. The molecule has 1 aliphatic heterocycles. The molecule has 4 nitrogen and oxygen atoms in total. The van der Waals surface area contributed by atoms with Gasteiger partial charge < -0.3 is 15.4 Å². The van der Waals surface area contributed by atoms with Crippen LogP contribution < -0.4 is 5.73 Å². The van der Waals surface area contributed by atoms with E-state index in [1.54, 1.807) is 7.11 Å². The van der Waals surface area contributed by atoms with E-state index in [0.717, 1.165) is 12.0 Å². The summed E-state index contributed by atoms with van der Waals surface area (Å²) in [5.41, 5.74) is 7.15. The van der Waals surface area contributed by atoms with Crippen LogP contribution in [0.3, 0.4) is 0 Å². The minimum absolute atomic E-state index is 0.0541. The fraction of sp³-hybridized carbons (Fsp3) is 0.500. The third-order valence-corrected chi connectivity index (χ3v) is 3.68. The van der Waals surface area contributed by atoms with Gasteiger partial charge in [0.2, 0.25) is 5.91 Å². The lowest BCUT2D eigenvalue weighted by molar-refractivity contribution is -0.129. The molecule has 1 saturated heterocycles. The van der Waals surface area contributed by atoms with Gasteiger partial charge in [-0.25, -0.2) is 0 Å². The first-order chi connectivity index (χ1) is 9.13. The number of ether oxygens (including phenoxy) is 1. The van der Waals surface area contributed by atoms with Crippen LogP contribution in [0, 0.1) is 0 Å². The van der Waals surface area contributed by atoms with E-state index in [1.165, 1.54) is 0 Å². The summed E-state index contributed by atoms with van der Waals surface area (Å²) < 4.78 is 5.03. The van der Waals surface area contributed by atoms with Crippen molar-refractivity contribution >= 4 is 17.5 Å². The van der Waals surface area contributed by atoms with Gasteiger partial charge >= 0.3 is 0 Å². The summed E-state index contributed by atoms with van der Waals surface area (Å²) in [6.45, 7) is 1.32. The van der Waals surface area contributed by atoms with Crippen LogP contribution in [-0.4, -0.2) is 37.1 Å². The molecule has 0 bridgehead atoms. The Morgan fingerprint density at radius 3 is 2.74 bits per heavy atom. The lowest BCUT2D eigenvalue weighted by Crippen LogP contribution is -2.34. The first-order valence-corrected chi connectivity index (χ1v) is 6.80. The number of halogens is 1. The van der Waals surface area contributed by atoms with Gasteiger partial charge in [0.05, 0.1) is 6.04 Å². The molecule has 104 valence electrons. The van der Waals surface area contributed by atoms with E-state index in [0.29, 0.717) is 24.6 Å². The molecule has 5 heteroatoms. The number of nitrogens with two attached hydrogens (primary N) is 1. The van der Waals surface area contributed by atoms with Gasteiger partial charge in [0.1, 0.15) is 0 Å². The van der Waals surface area contributed by atoms with Crippen molar-refractivity contribution in [2.75, 3.05) is 20.3 Å². The average Bonchev–Trinajstić information content (AvgIpc) is 2.66. The van der Waals surface area contributed by atoms with E-state index in [9.17, 15) is 4.79 Å². The molecule has 0 aromatic heterocycles. The van der Waals surface area contributed by atoms with Gasteiger partial charge in [0.15, 0.2) is 0 Å². The molecule has 1 aromatic rings. The number of hydrogen-bond acceptors (Lipinski definition) is 3. The van der Waals surface area contributed by atoms with Crippen LogP contribution in [0.4, 0.5) is 0 Å². The second kappa shape index (κ2) is 6.37. The Labute approximate surface area is 118 Å². The molecular weight excluding hydrogens is 264 g/mol. The Hall–Kier alpha value is -1.10. The molecule has 0 saturated carbocycles. The maximum Gasteiger partial charge on any atom is 0.224 e. The molecule has 0 spiro atoms. The molecular formula is C14H19ClN2O2. The Balaban J connectivity index is 2.14. The summed E-state index contributed by atoms with van der Waals surface area (Å²) in [5, 5.41) is 0.688. The van der Waals surface area contributed by atoms with Gasteiger partial charge in [-0.15, -0.1) is 0 Å². The van der Waals surface area contributed by atoms with Crippen LogP contribution in [0.2, 0.25) is 5.02 Å². The molecule has 0 aliphatic carbocycles. The first-order valence-electron chi connectivity index (χ1n) is 6.43. The highest BCUT2D eigenvalue weighted by atomic mass is 35.5. The number of methoxy groups -OCH3 is 1. The van der Waals surface area contributed by atoms with E-state index < -0.39 is 0 Å². The van der Waals surface area contributed by atoms with Crippen molar-refractivity contribution in [3.63, 3.8) is 0 Å². The fourth-order valence-corrected chi connectivity index (χ4v) is 2.67. The van der Waals surface area contributed by atoms with Crippen molar-refractivity contribution in [1.29, 1.82) is 0 Å². The molecule has 2 N–H and O–H groups in total. The summed E-state index contributed by atoms with van der Waals surface area (Å²) in [6, 6.07) is 7.33. The third-order valence-electron chi connectivity index (χ3n) is 3.43. The summed E-state index contributed by atoms with van der Waals surface area (Å²) in [6.07, 6.45) is 1.22. The Morgan fingerprint density at radius 2 is 2.11 bits per heavy atom. The van der Waals surface area contributed by atoms with Gasteiger partial charge in [-0.05, 0) is 24.1 Å². The summed E-state index contributed by atoms with van der Waals surface area (Å²) in [5.74, 6) is 0.114. The summed E-state index contributed by atoms with van der Waals surface area (Å²) in [4.78, 5) is 13.9. The lowest BCUT2D eigenvalue weighted by atomic mass is 10.0. The van der Waals surface area contributed by atoms with Crippen LogP contribution in [0.5, 0.6) is 0 Å². The number of likely N-dealkylation sites (tertiary alicyclic amines) is 1. The van der Waals surface area contributed by atoms with Crippen molar-refractivity contribution in [3.05, 3.63) is 34.9 Å². The van der Waals surface area contributed by atoms with Crippen molar-refractivity contribution in [2.24, 2.45) is 5.73 Å². The SMILES string of the molecule is COCCCN1C(=O)CC(N)C1c1ccc(Cl)cc1. The zero-order valence-electron chi connectivity index (χ0n) is 11.0. The maximum absolute atomic E-state index is 12.0. The van der Waals surface area contributed by atoms with Crippen LogP contribution in [-0.2, 0) is 9.53 Å². The molecule has 2 unspecified atom stereocenters. The van der Waals surface area contributed by atoms with Gasteiger partial charge in [-0.1, -0.05) is 23.7 Å². The zero-order valence-corrected chi connectivity index (χ0v) is 11.8. The molecule has 19 heavy (non-hydrogen) atoms. The Bertz CT molecular complexity index is 436. The quantitative estimate of drug-likeness (QED) is 0.840. The topological polar surface area (TPSA) is 55.6 Å². The van der Waals surface area contributed by atoms with E-state index in [4.69, 9.17) is 22.1 Å². The minimum atomic E-state index is -0.156. The van der Waals surface area contributed by atoms with Gasteiger partial charge in [0, 0.05) is 37.7 Å². The predicted octanol–water partition coefficient (Wildman–Crippen LogP) is 1.98. The van der Waals surface area contributed by atoms with Crippen LogP contribution in [0.1, 0.15) is 24.4 Å². The number of nitrogens with zero attached hydrogens (tertiary/aromatic N) is 1. The second-order valence-corrected chi connectivity index (χ2v) is 5.23.